The first-order valence-corrected chi connectivity index (χ1v) is 11.6. The number of hydrogen-bond acceptors (Lipinski definition) is 4. The lowest BCUT2D eigenvalue weighted by Crippen LogP contribution is -2.41. The van der Waals surface area contributed by atoms with Gasteiger partial charge < -0.3 is 19.5 Å². The molecule has 4 aromatic rings. The highest BCUT2D eigenvalue weighted by Gasteiger charge is 2.24. The molecule has 180 valence electrons. The van der Waals surface area contributed by atoms with Crippen molar-refractivity contribution in [2.75, 3.05) is 20.7 Å². The van der Waals surface area contributed by atoms with E-state index in [4.69, 9.17) is 4.74 Å². The maximum Gasteiger partial charge on any atom is 0.267 e. The number of amides is 2. The van der Waals surface area contributed by atoms with Crippen LogP contribution in [0.2, 0.25) is 0 Å². The van der Waals surface area contributed by atoms with E-state index in [1.165, 1.54) is 0 Å². The molecule has 0 saturated carbocycles. The van der Waals surface area contributed by atoms with E-state index in [0.717, 1.165) is 10.9 Å². The van der Waals surface area contributed by atoms with Crippen LogP contribution in [0.25, 0.3) is 10.9 Å². The van der Waals surface area contributed by atoms with Crippen molar-refractivity contribution < 1.29 is 14.3 Å². The number of likely N-dealkylation sites (N-methyl/N-ethyl adjacent to an activating group) is 1. The van der Waals surface area contributed by atoms with E-state index in [9.17, 15) is 9.59 Å². The van der Waals surface area contributed by atoms with Gasteiger partial charge in [-0.1, -0.05) is 48.5 Å². The number of nitrogens with zero attached hydrogens (tertiary/aromatic N) is 3. The number of aryl methyl sites for hydroxylation is 1. The summed E-state index contributed by atoms with van der Waals surface area (Å²) in [4.78, 5) is 32.5. The SMILES string of the molecule is COc1cc(C(=O)N(C)[C@H](CCNC(=O)c2cccn2C)Cc2ccccc2)c2ccccc2n1. The molecule has 35 heavy (non-hydrogen) atoms. The number of carbonyl (C=O) groups is 2. The Kier molecular flexibility index (Phi) is 7.45. The van der Waals surface area contributed by atoms with Gasteiger partial charge in [-0.2, -0.15) is 0 Å². The largest absolute Gasteiger partial charge is 0.481 e. The van der Waals surface area contributed by atoms with Crippen LogP contribution in [0.5, 0.6) is 5.88 Å². The minimum Gasteiger partial charge on any atom is -0.481 e. The van der Waals surface area contributed by atoms with E-state index in [1.807, 2.05) is 68.8 Å². The smallest absolute Gasteiger partial charge is 0.267 e. The molecule has 1 atom stereocenters. The number of fused-ring (bicyclic) bond motifs is 1. The normalized spacial score (nSPS) is 11.7. The number of rotatable bonds is 9. The summed E-state index contributed by atoms with van der Waals surface area (Å²) in [6.45, 7) is 0.444. The van der Waals surface area contributed by atoms with Crippen molar-refractivity contribution in [3.63, 3.8) is 0 Å². The van der Waals surface area contributed by atoms with E-state index in [0.29, 0.717) is 42.0 Å². The number of methoxy groups -OCH3 is 1. The van der Waals surface area contributed by atoms with Gasteiger partial charge in [0.2, 0.25) is 5.88 Å². The molecule has 2 aromatic heterocycles. The summed E-state index contributed by atoms with van der Waals surface area (Å²) in [5, 5.41) is 3.77. The highest BCUT2D eigenvalue weighted by molar-refractivity contribution is 6.06. The molecule has 0 fully saturated rings. The maximum atomic E-state index is 13.7. The molecule has 1 N–H and O–H groups in total. The second kappa shape index (κ2) is 10.9. The van der Waals surface area contributed by atoms with Crippen molar-refractivity contribution >= 4 is 22.7 Å². The van der Waals surface area contributed by atoms with Gasteiger partial charge in [0.05, 0.1) is 18.2 Å². The molecule has 0 aliphatic carbocycles. The zero-order valence-corrected chi connectivity index (χ0v) is 20.3. The number of para-hydroxylation sites is 1. The van der Waals surface area contributed by atoms with Gasteiger partial charge in [0.15, 0.2) is 0 Å². The lowest BCUT2D eigenvalue weighted by molar-refractivity contribution is 0.0724. The van der Waals surface area contributed by atoms with E-state index < -0.39 is 0 Å². The summed E-state index contributed by atoms with van der Waals surface area (Å²) in [5.74, 6) is 0.154. The predicted molar refractivity (Wildman–Crippen MR) is 137 cm³/mol. The van der Waals surface area contributed by atoms with Gasteiger partial charge in [0, 0.05) is 44.3 Å². The molecule has 0 spiro atoms. The van der Waals surface area contributed by atoms with Crippen LogP contribution in [0.1, 0.15) is 32.8 Å². The number of benzene rings is 2. The van der Waals surface area contributed by atoms with Gasteiger partial charge >= 0.3 is 0 Å². The molecular weight excluding hydrogens is 440 g/mol. The molecule has 0 radical (unpaired) electrons. The Morgan fingerprint density at radius 1 is 1.06 bits per heavy atom. The third-order valence-electron chi connectivity index (χ3n) is 6.25. The molecule has 4 rings (SSSR count). The van der Waals surface area contributed by atoms with E-state index in [1.54, 1.807) is 28.7 Å². The van der Waals surface area contributed by atoms with Crippen LogP contribution in [-0.4, -0.2) is 53.0 Å². The fraction of sp³-hybridized carbons (Fsp3) is 0.250. The van der Waals surface area contributed by atoms with Crippen LogP contribution in [0.15, 0.2) is 79.0 Å². The zero-order chi connectivity index (χ0) is 24.8. The van der Waals surface area contributed by atoms with Crippen LogP contribution < -0.4 is 10.1 Å². The molecule has 0 saturated heterocycles. The summed E-state index contributed by atoms with van der Waals surface area (Å²) in [6, 6.07) is 22.8. The van der Waals surface area contributed by atoms with E-state index >= 15 is 0 Å². The quantitative estimate of drug-likeness (QED) is 0.400. The minimum absolute atomic E-state index is 0.114. The molecule has 2 heterocycles. The first-order chi connectivity index (χ1) is 17.0. The van der Waals surface area contributed by atoms with Gasteiger partial charge in [-0.25, -0.2) is 4.98 Å². The highest BCUT2D eigenvalue weighted by Crippen LogP contribution is 2.24. The standard InChI is InChI=1S/C28H30N4O3/c1-31-17-9-14-25(31)27(33)29-16-15-21(18-20-10-5-4-6-11-20)32(2)28(34)23-19-26(35-3)30-24-13-8-7-12-22(23)24/h4-14,17,19,21H,15-16,18H2,1-3H3,(H,29,33)/t21-/m1/s1. The van der Waals surface area contributed by atoms with Crippen LogP contribution in [0.3, 0.4) is 0 Å². The Hall–Kier alpha value is -4.13. The molecule has 7 nitrogen and oxygen atoms in total. The summed E-state index contributed by atoms with van der Waals surface area (Å²) in [6.07, 6.45) is 3.11. The Morgan fingerprint density at radius 3 is 2.51 bits per heavy atom. The lowest BCUT2D eigenvalue weighted by Gasteiger charge is -2.29. The molecule has 7 heteroatoms. The summed E-state index contributed by atoms with van der Waals surface area (Å²) >= 11 is 0. The average molecular weight is 471 g/mol. The fourth-order valence-electron chi connectivity index (χ4n) is 4.25. The summed E-state index contributed by atoms with van der Waals surface area (Å²) < 4.78 is 7.14. The second-order valence-electron chi connectivity index (χ2n) is 8.54. The predicted octanol–water partition coefficient (Wildman–Crippen LogP) is 4.09. The molecule has 0 aliphatic rings. The molecule has 2 amide bonds. The third-order valence-corrected chi connectivity index (χ3v) is 6.25. The van der Waals surface area contributed by atoms with Crippen LogP contribution in [0, 0.1) is 0 Å². The molecule has 0 bridgehead atoms. The van der Waals surface area contributed by atoms with Gasteiger partial charge in [-0.15, -0.1) is 0 Å². The van der Waals surface area contributed by atoms with Crippen molar-refractivity contribution in [3.05, 3.63) is 95.8 Å². The van der Waals surface area contributed by atoms with Crippen LogP contribution >= 0.6 is 0 Å². The first kappa shape index (κ1) is 24.0. The number of hydrogen-bond donors (Lipinski definition) is 1. The Morgan fingerprint density at radius 2 is 1.80 bits per heavy atom. The van der Waals surface area contributed by atoms with Crippen molar-refractivity contribution in [1.82, 2.24) is 19.8 Å². The Bertz CT molecular complexity index is 1320. The number of carbonyl (C=O) groups excluding carboxylic acids is 2. The topological polar surface area (TPSA) is 76.5 Å². The molecular formula is C28H30N4O3. The molecule has 0 unspecified atom stereocenters. The second-order valence-corrected chi connectivity index (χ2v) is 8.54. The Balaban J connectivity index is 1.56. The van der Waals surface area contributed by atoms with Crippen molar-refractivity contribution in [2.45, 2.75) is 18.9 Å². The average Bonchev–Trinajstić information content (AvgIpc) is 3.33. The minimum atomic E-state index is -0.130. The molecule has 0 aliphatic heterocycles. The van der Waals surface area contributed by atoms with Gasteiger partial charge in [-0.05, 0) is 36.6 Å². The summed E-state index contributed by atoms with van der Waals surface area (Å²) in [5.41, 5.74) is 2.98. The monoisotopic (exact) mass is 470 g/mol. The number of ether oxygens (including phenoxy) is 1. The Labute approximate surface area is 205 Å². The number of pyridine rings is 1. The maximum absolute atomic E-state index is 13.7. The third kappa shape index (κ3) is 5.51. The van der Waals surface area contributed by atoms with Crippen molar-refractivity contribution in [1.29, 1.82) is 0 Å². The van der Waals surface area contributed by atoms with E-state index in [2.05, 4.69) is 22.4 Å². The van der Waals surface area contributed by atoms with Crippen molar-refractivity contribution in [3.8, 4) is 5.88 Å². The zero-order valence-electron chi connectivity index (χ0n) is 20.3. The van der Waals surface area contributed by atoms with Crippen molar-refractivity contribution in [2.24, 2.45) is 7.05 Å². The summed E-state index contributed by atoms with van der Waals surface area (Å²) in [7, 11) is 5.20. The number of nitrogens with one attached hydrogen (secondary N) is 1. The van der Waals surface area contributed by atoms with E-state index in [-0.39, 0.29) is 17.9 Å². The van der Waals surface area contributed by atoms with Gasteiger partial charge in [0.1, 0.15) is 5.69 Å². The van der Waals surface area contributed by atoms with Crippen LogP contribution in [0.4, 0.5) is 0 Å². The fourth-order valence-corrected chi connectivity index (χ4v) is 4.25. The van der Waals surface area contributed by atoms with Gasteiger partial charge in [0.25, 0.3) is 11.8 Å². The first-order valence-electron chi connectivity index (χ1n) is 11.6. The number of aromatic nitrogens is 2. The highest BCUT2D eigenvalue weighted by atomic mass is 16.5. The van der Waals surface area contributed by atoms with Crippen LogP contribution in [-0.2, 0) is 13.5 Å². The van der Waals surface area contributed by atoms with Gasteiger partial charge in [-0.3, -0.25) is 9.59 Å². The molecule has 2 aromatic carbocycles. The lowest BCUT2D eigenvalue weighted by atomic mass is 10.00.